The largest absolute Gasteiger partial charge is 0.478 e. The first-order chi connectivity index (χ1) is 10.8. The fraction of sp³-hybridized carbons (Fsp3) is 0.571. The van der Waals surface area contributed by atoms with Crippen LogP contribution in [0.25, 0.3) is 0 Å². The summed E-state index contributed by atoms with van der Waals surface area (Å²) in [6.07, 6.45) is -1.61. The van der Waals surface area contributed by atoms with Gasteiger partial charge >= 0.3 is 5.97 Å². The lowest BCUT2D eigenvalue weighted by Gasteiger charge is -2.40. The SMILES string of the molecule is C=CCN[C@H]1C=C(C(=O)O)O[C@@H]([C@@H](O)[C@@H](O)CO)[C@@H]1NC(C)=O. The Bertz CT molecular complexity index is 480. The molecule has 130 valence electrons. The maximum atomic E-state index is 11.4. The zero-order chi connectivity index (χ0) is 17.6. The van der Waals surface area contributed by atoms with E-state index >= 15 is 0 Å². The van der Waals surface area contributed by atoms with E-state index < -0.39 is 54.6 Å². The van der Waals surface area contributed by atoms with Gasteiger partial charge in [0.1, 0.15) is 18.3 Å². The van der Waals surface area contributed by atoms with Crippen molar-refractivity contribution in [2.45, 2.75) is 37.3 Å². The van der Waals surface area contributed by atoms with Gasteiger partial charge in [0.2, 0.25) is 11.7 Å². The third-order valence-electron chi connectivity index (χ3n) is 3.33. The third kappa shape index (κ3) is 5.03. The Kier molecular flexibility index (Phi) is 7.17. The van der Waals surface area contributed by atoms with Crippen molar-refractivity contribution in [1.29, 1.82) is 0 Å². The number of hydrogen-bond donors (Lipinski definition) is 6. The molecule has 1 aliphatic rings. The van der Waals surface area contributed by atoms with Crippen LogP contribution in [0.2, 0.25) is 0 Å². The summed E-state index contributed by atoms with van der Waals surface area (Å²) >= 11 is 0. The van der Waals surface area contributed by atoms with Gasteiger partial charge in [-0.1, -0.05) is 6.08 Å². The molecule has 0 bridgehead atoms. The van der Waals surface area contributed by atoms with E-state index in [1.807, 2.05) is 0 Å². The van der Waals surface area contributed by atoms with Crippen molar-refractivity contribution in [2.75, 3.05) is 13.2 Å². The van der Waals surface area contributed by atoms with Gasteiger partial charge in [-0.15, -0.1) is 6.58 Å². The standard InChI is InChI=1S/C14H22N2O7/c1-3-4-15-8-5-10(14(21)22)23-13(11(8)16-7(2)18)12(20)9(19)6-17/h3,5,8-9,11-13,15,17,19-20H,1,4,6H2,2H3,(H,16,18)(H,21,22)/t8-,9-,11+,12-,13+/m0/s1. The van der Waals surface area contributed by atoms with Gasteiger partial charge in [0.15, 0.2) is 0 Å². The van der Waals surface area contributed by atoms with Gasteiger partial charge in [0, 0.05) is 13.5 Å². The lowest BCUT2D eigenvalue weighted by molar-refractivity contribution is -0.146. The topological polar surface area (TPSA) is 148 Å². The Balaban J connectivity index is 3.16. The third-order valence-corrected chi connectivity index (χ3v) is 3.33. The lowest BCUT2D eigenvalue weighted by atomic mass is 9.92. The molecule has 0 unspecified atom stereocenters. The molecule has 0 aromatic rings. The van der Waals surface area contributed by atoms with Gasteiger partial charge in [-0.25, -0.2) is 4.79 Å². The van der Waals surface area contributed by atoms with Crippen molar-refractivity contribution < 1.29 is 34.8 Å². The summed E-state index contributed by atoms with van der Waals surface area (Å²) in [5.41, 5.74) is 0. The number of carbonyl (C=O) groups excluding carboxylic acids is 1. The van der Waals surface area contributed by atoms with Gasteiger partial charge in [0.25, 0.3) is 0 Å². The van der Waals surface area contributed by atoms with E-state index in [9.17, 15) is 19.8 Å². The average molecular weight is 330 g/mol. The van der Waals surface area contributed by atoms with Gasteiger partial charge in [-0.3, -0.25) is 4.79 Å². The summed E-state index contributed by atoms with van der Waals surface area (Å²) in [4.78, 5) is 22.6. The number of carboxylic acids is 1. The second-order valence-corrected chi connectivity index (χ2v) is 5.11. The summed E-state index contributed by atoms with van der Waals surface area (Å²) in [6.45, 7) is 4.37. The number of ether oxygens (including phenoxy) is 1. The molecular weight excluding hydrogens is 308 g/mol. The molecule has 0 radical (unpaired) electrons. The van der Waals surface area contributed by atoms with Crippen LogP contribution in [0.5, 0.6) is 0 Å². The maximum Gasteiger partial charge on any atom is 0.370 e. The van der Waals surface area contributed by atoms with Crippen LogP contribution in [0.15, 0.2) is 24.5 Å². The number of rotatable bonds is 8. The van der Waals surface area contributed by atoms with Crippen molar-refractivity contribution >= 4 is 11.9 Å². The molecule has 9 heteroatoms. The van der Waals surface area contributed by atoms with Crippen LogP contribution < -0.4 is 10.6 Å². The van der Waals surface area contributed by atoms with E-state index in [1.54, 1.807) is 6.08 Å². The molecule has 1 amide bonds. The number of aliphatic hydroxyl groups is 3. The van der Waals surface area contributed by atoms with E-state index in [0.29, 0.717) is 6.54 Å². The van der Waals surface area contributed by atoms with Crippen molar-refractivity contribution in [3.05, 3.63) is 24.5 Å². The molecular formula is C14H22N2O7. The molecule has 0 saturated heterocycles. The lowest BCUT2D eigenvalue weighted by Crippen LogP contribution is -2.63. The van der Waals surface area contributed by atoms with Crippen LogP contribution in [0.4, 0.5) is 0 Å². The highest BCUT2D eigenvalue weighted by atomic mass is 16.5. The molecule has 0 aliphatic carbocycles. The van der Waals surface area contributed by atoms with Crippen molar-refractivity contribution in [1.82, 2.24) is 10.6 Å². The van der Waals surface area contributed by atoms with E-state index in [2.05, 4.69) is 17.2 Å². The van der Waals surface area contributed by atoms with Crippen molar-refractivity contribution in [3.63, 3.8) is 0 Å². The number of carboxylic acid groups (broad SMARTS) is 1. The summed E-state index contributed by atoms with van der Waals surface area (Å²) in [5, 5.41) is 43.3. The molecule has 1 heterocycles. The van der Waals surface area contributed by atoms with Crippen LogP contribution in [0.3, 0.4) is 0 Å². The Hall–Kier alpha value is -1.94. The molecule has 1 rings (SSSR count). The van der Waals surface area contributed by atoms with E-state index in [4.69, 9.17) is 14.9 Å². The molecule has 0 saturated carbocycles. The minimum atomic E-state index is -1.60. The summed E-state index contributed by atoms with van der Waals surface area (Å²) in [6, 6.07) is -1.53. The molecule has 23 heavy (non-hydrogen) atoms. The van der Waals surface area contributed by atoms with Gasteiger partial charge in [-0.05, 0) is 6.08 Å². The molecule has 6 N–H and O–H groups in total. The number of nitrogens with one attached hydrogen (secondary N) is 2. The zero-order valence-corrected chi connectivity index (χ0v) is 12.7. The normalized spacial score (nSPS) is 26.4. The zero-order valence-electron chi connectivity index (χ0n) is 12.7. The van der Waals surface area contributed by atoms with Crippen LogP contribution >= 0.6 is 0 Å². The number of aliphatic carboxylic acids is 1. The fourth-order valence-electron chi connectivity index (χ4n) is 2.27. The predicted molar refractivity (Wildman–Crippen MR) is 79.3 cm³/mol. The number of aliphatic hydroxyl groups excluding tert-OH is 3. The number of carbonyl (C=O) groups is 2. The molecule has 0 spiro atoms. The van der Waals surface area contributed by atoms with Crippen LogP contribution in [0.1, 0.15) is 6.92 Å². The number of amides is 1. The van der Waals surface area contributed by atoms with Crippen molar-refractivity contribution in [2.24, 2.45) is 0 Å². The second kappa shape index (κ2) is 8.63. The summed E-state index contributed by atoms with van der Waals surface area (Å²) in [5.74, 6) is -2.21. The molecule has 0 aromatic carbocycles. The minimum Gasteiger partial charge on any atom is -0.478 e. The Morgan fingerprint density at radius 3 is 2.61 bits per heavy atom. The highest BCUT2D eigenvalue weighted by Gasteiger charge is 2.43. The van der Waals surface area contributed by atoms with Crippen LogP contribution in [0, 0.1) is 0 Å². The Morgan fingerprint density at radius 1 is 1.48 bits per heavy atom. The Morgan fingerprint density at radius 2 is 2.13 bits per heavy atom. The minimum absolute atomic E-state index is 0.315. The fourth-order valence-corrected chi connectivity index (χ4v) is 2.27. The monoisotopic (exact) mass is 330 g/mol. The quantitative estimate of drug-likeness (QED) is 0.273. The van der Waals surface area contributed by atoms with Gasteiger partial charge in [-0.2, -0.15) is 0 Å². The molecule has 9 nitrogen and oxygen atoms in total. The first-order valence-corrected chi connectivity index (χ1v) is 7.02. The summed E-state index contributed by atoms with van der Waals surface area (Å²) in [7, 11) is 0. The smallest absolute Gasteiger partial charge is 0.370 e. The Labute approximate surface area is 133 Å². The first-order valence-electron chi connectivity index (χ1n) is 7.02. The van der Waals surface area contributed by atoms with Gasteiger partial charge in [0.05, 0.1) is 18.7 Å². The maximum absolute atomic E-state index is 11.4. The van der Waals surface area contributed by atoms with Gasteiger partial charge < -0.3 is 35.8 Å². The molecule has 0 aromatic heterocycles. The predicted octanol–water partition coefficient (Wildman–Crippen LogP) is -2.28. The first kappa shape index (κ1) is 19.1. The highest BCUT2D eigenvalue weighted by molar-refractivity contribution is 5.84. The second-order valence-electron chi connectivity index (χ2n) is 5.11. The summed E-state index contributed by atoms with van der Waals surface area (Å²) < 4.78 is 5.22. The van der Waals surface area contributed by atoms with E-state index in [-0.39, 0.29) is 0 Å². The molecule has 0 fully saturated rings. The molecule has 1 aliphatic heterocycles. The van der Waals surface area contributed by atoms with Crippen LogP contribution in [-0.2, 0) is 14.3 Å². The molecule has 5 atom stereocenters. The highest BCUT2D eigenvalue weighted by Crippen LogP contribution is 2.23. The van der Waals surface area contributed by atoms with E-state index in [0.717, 1.165) is 0 Å². The van der Waals surface area contributed by atoms with Crippen molar-refractivity contribution in [3.8, 4) is 0 Å². The van der Waals surface area contributed by atoms with E-state index in [1.165, 1.54) is 13.0 Å². The average Bonchev–Trinajstić information content (AvgIpc) is 2.51. The van der Waals surface area contributed by atoms with Crippen LogP contribution in [-0.4, -0.2) is 75.8 Å². The number of hydrogen-bond acceptors (Lipinski definition) is 7.